The van der Waals surface area contributed by atoms with Crippen LogP contribution in [-0.2, 0) is 9.53 Å². The molecule has 0 radical (unpaired) electrons. The van der Waals surface area contributed by atoms with E-state index in [2.05, 4.69) is 0 Å². The Morgan fingerprint density at radius 3 is 2.07 bits per heavy atom. The van der Waals surface area contributed by atoms with Gasteiger partial charge >= 0.3 is 5.97 Å². The first-order chi connectivity index (χ1) is 6.60. The van der Waals surface area contributed by atoms with Crippen molar-refractivity contribution in [2.24, 2.45) is 11.1 Å². The monoisotopic (exact) mass is 223 g/mol. The van der Waals surface area contributed by atoms with E-state index in [9.17, 15) is 13.6 Å². The number of halogens is 2. The van der Waals surface area contributed by atoms with Gasteiger partial charge in [0.1, 0.15) is 5.60 Å². The second-order valence-corrected chi connectivity index (χ2v) is 4.92. The first-order valence-electron chi connectivity index (χ1n) is 4.81. The maximum atomic E-state index is 12.6. The third-order valence-corrected chi connectivity index (χ3v) is 1.96. The molecular formula is C10H19F2NO2. The molecule has 0 aliphatic heterocycles. The molecule has 0 bridgehead atoms. The van der Waals surface area contributed by atoms with Crippen LogP contribution in [0.15, 0.2) is 0 Å². The van der Waals surface area contributed by atoms with Gasteiger partial charge in [-0.2, -0.15) is 0 Å². The molecule has 0 rings (SSSR count). The van der Waals surface area contributed by atoms with Gasteiger partial charge in [0, 0.05) is 6.54 Å². The van der Waals surface area contributed by atoms with Gasteiger partial charge in [0.2, 0.25) is 6.43 Å². The fraction of sp³-hybridized carbons (Fsp3) is 0.900. The molecule has 1 atom stereocenters. The van der Waals surface area contributed by atoms with E-state index in [1.54, 1.807) is 20.8 Å². The van der Waals surface area contributed by atoms with Gasteiger partial charge < -0.3 is 10.5 Å². The highest BCUT2D eigenvalue weighted by molar-refractivity contribution is 5.70. The summed E-state index contributed by atoms with van der Waals surface area (Å²) < 4.78 is 30.1. The average Bonchev–Trinajstić information content (AvgIpc) is 1.99. The summed E-state index contributed by atoms with van der Waals surface area (Å²) in [6, 6.07) is 0. The molecule has 0 aromatic heterocycles. The molecule has 0 heterocycles. The number of esters is 1. The van der Waals surface area contributed by atoms with Gasteiger partial charge in [0.05, 0.1) is 11.8 Å². The lowest BCUT2D eigenvalue weighted by Crippen LogP contribution is -2.38. The molecule has 1 unspecified atom stereocenters. The zero-order valence-electron chi connectivity index (χ0n) is 9.64. The molecule has 0 fully saturated rings. The molecule has 0 saturated carbocycles. The van der Waals surface area contributed by atoms with Crippen molar-refractivity contribution < 1.29 is 18.3 Å². The van der Waals surface area contributed by atoms with Crippen molar-refractivity contribution >= 4 is 5.97 Å². The summed E-state index contributed by atoms with van der Waals surface area (Å²) >= 11 is 0. The highest BCUT2D eigenvalue weighted by Crippen LogP contribution is 2.29. The molecule has 90 valence electrons. The number of hydrogen-bond donors (Lipinski definition) is 1. The van der Waals surface area contributed by atoms with Gasteiger partial charge in [0.15, 0.2) is 0 Å². The Bertz CT molecular complexity index is 226. The summed E-state index contributed by atoms with van der Waals surface area (Å²) in [6.45, 7) is 6.10. The number of carbonyl (C=O) groups is 1. The van der Waals surface area contributed by atoms with E-state index in [1.807, 2.05) is 0 Å². The number of hydrogen-bond acceptors (Lipinski definition) is 3. The lowest BCUT2D eigenvalue weighted by molar-refractivity contribution is -0.160. The Kier molecular flexibility index (Phi) is 4.65. The van der Waals surface area contributed by atoms with Gasteiger partial charge in [-0.3, -0.25) is 4.79 Å². The molecule has 5 heteroatoms. The van der Waals surface area contributed by atoms with Crippen LogP contribution in [0.1, 0.15) is 34.1 Å². The van der Waals surface area contributed by atoms with Gasteiger partial charge in [-0.1, -0.05) is 6.92 Å². The molecule has 0 spiro atoms. The lowest BCUT2D eigenvalue weighted by Gasteiger charge is -2.28. The second kappa shape index (κ2) is 4.88. The van der Waals surface area contributed by atoms with Gasteiger partial charge in [0.25, 0.3) is 0 Å². The molecule has 0 aliphatic carbocycles. The van der Waals surface area contributed by atoms with Crippen LogP contribution in [0, 0.1) is 5.41 Å². The SMILES string of the molecule is CC(C)(C)OC(=O)CC(C)(CN)C(F)F. The Morgan fingerprint density at radius 1 is 1.33 bits per heavy atom. The minimum atomic E-state index is -2.63. The third kappa shape index (κ3) is 5.06. The Balaban J connectivity index is 4.39. The molecule has 15 heavy (non-hydrogen) atoms. The first-order valence-corrected chi connectivity index (χ1v) is 4.81. The highest BCUT2D eigenvalue weighted by atomic mass is 19.3. The molecule has 0 aromatic rings. The number of ether oxygens (including phenoxy) is 1. The minimum Gasteiger partial charge on any atom is -0.460 e. The van der Waals surface area contributed by atoms with Crippen molar-refractivity contribution in [3.05, 3.63) is 0 Å². The smallest absolute Gasteiger partial charge is 0.307 e. The predicted octanol–water partition coefficient (Wildman–Crippen LogP) is 1.95. The standard InChI is InChI=1S/C10H19F2NO2/c1-9(2,3)15-7(14)5-10(4,6-13)8(11)12/h8H,5-6,13H2,1-4H3. The Morgan fingerprint density at radius 2 is 1.80 bits per heavy atom. The largest absolute Gasteiger partial charge is 0.460 e. The average molecular weight is 223 g/mol. The molecule has 3 nitrogen and oxygen atoms in total. The first kappa shape index (κ1) is 14.3. The summed E-state index contributed by atoms with van der Waals surface area (Å²) in [5, 5.41) is 0. The quantitative estimate of drug-likeness (QED) is 0.741. The maximum Gasteiger partial charge on any atom is 0.307 e. The number of alkyl halides is 2. The Labute approximate surface area is 89.0 Å². The summed E-state index contributed by atoms with van der Waals surface area (Å²) in [5.74, 6) is -0.643. The second-order valence-electron chi connectivity index (χ2n) is 4.92. The van der Waals surface area contributed by atoms with E-state index in [4.69, 9.17) is 10.5 Å². The predicted molar refractivity (Wildman–Crippen MR) is 53.6 cm³/mol. The number of carbonyl (C=O) groups excluding carboxylic acids is 1. The minimum absolute atomic E-state index is 0.246. The third-order valence-electron chi connectivity index (χ3n) is 1.96. The maximum absolute atomic E-state index is 12.6. The summed E-state index contributed by atoms with van der Waals surface area (Å²) in [7, 11) is 0. The normalized spacial score (nSPS) is 16.3. The zero-order valence-corrected chi connectivity index (χ0v) is 9.64. The van der Waals surface area contributed by atoms with Crippen molar-refractivity contribution in [1.29, 1.82) is 0 Å². The van der Waals surface area contributed by atoms with Crippen molar-refractivity contribution in [3.63, 3.8) is 0 Å². The van der Waals surface area contributed by atoms with Crippen LogP contribution in [0.5, 0.6) is 0 Å². The molecule has 0 aliphatic rings. The van der Waals surface area contributed by atoms with E-state index in [-0.39, 0.29) is 13.0 Å². The number of rotatable bonds is 4. The number of nitrogens with two attached hydrogens (primary N) is 1. The highest BCUT2D eigenvalue weighted by Gasteiger charge is 2.37. The molecule has 0 saturated heterocycles. The van der Waals surface area contributed by atoms with Crippen LogP contribution in [0.4, 0.5) is 8.78 Å². The van der Waals surface area contributed by atoms with Crippen LogP contribution in [0.2, 0.25) is 0 Å². The summed E-state index contributed by atoms with van der Waals surface area (Å²) in [5.41, 5.74) is 3.08. The van der Waals surface area contributed by atoms with E-state index >= 15 is 0 Å². The molecule has 2 N–H and O–H groups in total. The Hall–Kier alpha value is -0.710. The van der Waals surface area contributed by atoms with E-state index < -0.39 is 23.4 Å². The summed E-state index contributed by atoms with van der Waals surface area (Å²) in [6.07, 6.45) is -2.99. The summed E-state index contributed by atoms with van der Waals surface area (Å²) in [4.78, 5) is 11.3. The van der Waals surface area contributed by atoms with E-state index in [0.29, 0.717) is 0 Å². The fourth-order valence-electron chi connectivity index (χ4n) is 0.946. The molecule has 0 aromatic carbocycles. The van der Waals surface area contributed by atoms with Gasteiger partial charge in [-0.05, 0) is 20.8 Å². The van der Waals surface area contributed by atoms with Crippen LogP contribution >= 0.6 is 0 Å². The van der Waals surface area contributed by atoms with Crippen LogP contribution in [0.25, 0.3) is 0 Å². The van der Waals surface area contributed by atoms with Crippen LogP contribution in [0.3, 0.4) is 0 Å². The van der Waals surface area contributed by atoms with Crippen molar-refractivity contribution in [2.75, 3.05) is 6.54 Å². The fourth-order valence-corrected chi connectivity index (χ4v) is 0.946. The van der Waals surface area contributed by atoms with Crippen LogP contribution < -0.4 is 5.73 Å². The topological polar surface area (TPSA) is 52.3 Å². The molecule has 0 amide bonds. The molecular weight excluding hydrogens is 204 g/mol. The van der Waals surface area contributed by atoms with Gasteiger partial charge in [-0.25, -0.2) is 8.78 Å². The zero-order chi connectivity index (χ0) is 12.3. The van der Waals surface area contributed by atoms with Crippen molar-refractivity contribution in [3.8, 4) is 0 Å². The van der Waals surface area contributed by atoms with Crippen molar-refractivity contribution in [2.45, 2.75) is 46.1 Å². The van der Waals surface area contributed by atoms with Gasteiger partial charge in [-0.15, -0.1) is 0 Å². The van der Waals surface area contributed by atoms with Crippen molar-refractivity contribution in [1.82, 2.24) is 0 Å². The van der Waals surface area contributed by atoms with E-state index in [0.717, 1.165) is 0 Å². The van der Waals surface area contributed by atoms with E-state index in [1.165, 1.54) is 6.92 Å². The lowest BCUT2D eigenvalue weighted by atomic mass is 9.87. The van der Waals surface area contributed by atoms with Crippen LogP contribution in [-0.4, -0.2) is 24.5 Å².